The predicted octanol–water partition coefficient (Wildman–Crippen LogP) is 1.65. The summed E-state index contributed by atoms with van der Waals surface area (Å²) in [6.45, 7) is 1.30. The summed E-state index contributed by atoms with van der Waals surface area (Å²) in [5, 5.41) is 2.63. The molecule has 0 heterocycles. The van der Waals surface area contributed by atoms with E-state index in [1.54, 1.807) is 12.1 Å². The van der Waals surface area contributed by atoms with E-state index in [4.69, 9.17) is 15.2 Å². The summed E-state index contributed by atoms with van der Waals surface area (Å²) >= 11 is 0. The standard InChI is InChI=1S/C18H18N2O5/c1-12-2-6-14(7-3-12)20-17(22)11-25-18(23)13-4-8-15(9-5-13)24-10-16(19)21/h2-9H,10-11H2,1H3,(H2,19,21)(H,20,22). The molecule has 130 valence electrons. The van der Waals surface area contributed by atoms with Crippen molar-refractivity contribution in [1.29, 1.82) is 0 Å². The van der Waals surface area contributed by atoms with Crippen LogP contribution in [0.5, 0.6) is 5.75 Å². The van der Waals surface area contributed by atoms with E-state index in [-0.39, 0.29) is 12.2 Å². The van der Waals surface area contributed by atoms with Crippen molar-refractivity contribution in [2.24, 2.45) is 5.73 Å². The molecule has 0 spiro atoms. The molecule has 0 atom stereocenters. The minimum absolute atomic E-state index is 0.247. The van der Waals surface area contributed by atoms with Gasteiger partial charge in [-0.15, -0.1) is 0 Å². The number of esters is 1. The highest BCUT2D eigenvalue weighted by Gasteiger charge is 2.11. The van der Waals surface area contributed by atoms with Crippen LogP contribution in [0.2, 0.25) is 0 Å². The van der Waals surface area contributed by atoms with Crippen LogP contribution < -0.4 is 15.8 Å². The van der Waals surface area contributed by atoms with Crippen LogP contribution in [0, 0.1) is 6.92 Å². The lowest BCUT2D eigenvalue weighted by Crippen LogP contribution is -2.21. The summed E-state index contributed by atoms with van der Waals surface area (Å²) in [4.78, 5) is 34.3. The summed E-state index contributed by atoms with van der Waals surface area (Å²) in [7, 11) is 0. The first-order chi connectivity index (χ1) is 11.9. The normalized spacial score (nSPS) is 9.96. The van der Waals surface area contributed by atoms with Gasteiger partial charge in [-0.1, -0.05) is 17.7 Å². The highest BCUT2D eigenvalue weighted by molar-refractivity contribution is 5.95. The maximum absolute atomic E-state index is 11.9. The van der Waals surface area contributed by atoms with Crippen molar-refractivity contribution in [3.63, 3.8) is 0 Å². The van der Waals surface area contributed by atoms with Crippen molar-refractivity contribution in [1.82, 2.24) is 0 Å². The number of amides is 2. The van der Waals surface area contributed by atoms with E-state index in [1.807, 2.05) is 19.1 Å². The van der Waals surface area contributed by atoms with Crippen LogP contribution in [0.3, 0.4) is 0 Å². The summed E-state index contributed by atoms with van der Waals surface area (Å²) in [5.74, 6) is -1.27. The van der Waals surface area contributed by atoms with E-state index < -0.39 is 24.4 Å². The summed E-state index contributed by atoms with van der Waals surface area (Å²) < 4.78 is 10.0. The summed E-state index contributed by atoms with van der Waals surface area (Å²) in [6.07, 6.45) is 0. The number of anilines is 1. The minimum atomic E-state index is -0.638. The number of ether oxygens (including phenoxy) is 2. The van der Waals surface area contributed by atoms with Gasteiger partial charge in [-0.3, -0.25) is 9.59 Å². The van der Waals surface area contributed by atoms with E-state index in [0.29, 0.717) is 11.4 Å². The number of nitrogens with one attached hydrogen (secondary N) is 1. The average Bonchev–Trinajstić information content (AvgIpc) is 2.60. The van der Waals surface area contributed by atoms with Crippen molar-refractivity contribution in [3.05, 3.63) is 59.7 Å². The molecule has 0 unspecified atom stereocenters. The van der Waals surface area contributed by atoms with Gasteiger partial charge in [0, 0.05) is 5.69 Å². The molecule has 7 heteroatoms. The van der Waals surface area contributed by atoms with Crippen LogP contribution in [-0.4, -0.2) is 31.0 Å². The molecule has 2 aromatic rings. The van der Waals surface area contributed by atoms with E-state index in [9.17, 15) is 14.4 Å². The number of carbonyl (C=O) groups excluding carboxylic acids is 3. The van der Waals surface area contributed by atoms with Gasteiger partial charge in [0.25, 0.3) is 11.8 Å². The second-order valence-corrected chi connectivity index (χ2v) is 5.27. The second kappa shape index (κ2) is 8.49. The number of hydrogen-bond donors (Lipinski definition) is 2. The Morgan fingerprint density at radius 2 is 1.60 bits per heavy atom. The number of aryl methyl sites for hydroxylation is 1. The van der Waals surface area contributed by atoms with Gasteiger partial charge in [0.05, 0.1) is 5.56 Å². The van der Waals surface area contributed by atoms with Gasteiger partial charge in [0.1, 0.15) is 5.75 Å². The van der Waals surface area contributed by atoms with E-state index in [0.717, 1.165) is 5.56 Å². The van der Waals surface area contributed by atoms with Gasteiger partial charge in [-0.25, -0.2) is 4.79 Å². The Morgan fingerprint density at radius 3 is 2.20 bits per heavy atom. The minimum Gasteiger partial charge on any atom is -0.484 e. The molecular formula is C18H18N2O5. The van der Waals surface area contributed by atoms with Crippen molar-refractivity contribution in [2.45, 2.75) is 6.92 Å². The fourth-order valence-electron chi connectivity index (χ4n) is 1.89. The molecule has 2 aromatic carbocycles. The Balaban J connectivity index is 1.81. The summed E-state index contributed by atoms with van der Waals surface area (Å²) in [6, 6.07) is 13.2. The van der Waals surface area contributed by atoms with Crippen LogP contribution in [0.15, 0.2) is 48.5 Å². The molecule has 7 nitrogen and oxygen atoms in total. The van der Waals surface area contributed by atoms with Gasteiger partial charge in [0.15, 0.2) is 13.2 Å². The monoisotopic (exact) mass is 342 g/mol. The van der Waals surface area contributed by atoms with Gasteiger partial charge < -0.3 is 20.5 Å². The van der Waals surface area contributed by atoms with Gasteiger partial charge >= 0.3 is 5.97 Å². The quantitative estimate of drug-likeness (QED) is 0.744. The maximum atomic E-state index is 11.9. The van der Waals surface area contributed by atoms with Crippen LogP contribution in [0.4, 0.5) is 5.69 Å². The molecule has 0 aliphatic rings. The van der Waals surface area contributed by atoms with Crippen LogP contribution in [0.25, 0.3) is 0 Å². The first-order valence-corrected chi connectivity index (χ1v) is 7.49. The first-order valence-electron chi connectivity index (χ1n) is 7.49. The Morgan fingerprint density at radius 1 is 0.960 bits per heavy atom. The molecule has 0 aliphatic carbocycles. The molecule has 2 rings (SSSR count). The molecule has 0 radical (unpaired) electrons. The van der Waals surface area contributed by atoms with E-state index in [1.165, 1.54) is 24.3 Å². The van der Waals surface area contributed by atoms with Crippen LogP contribution in [-0.2, 0) is 14.3 Å². The van der Waals surface area contributed by atoms with Crippen molar-refractivity contribution < 1.29 is 23.9 Å². The maximum Gasteiger partial charge on any atom is 0.338 e. The molecule has 0 bridgehead atoms. The average molecular weight is 342 g/mol. The van der Waals surface area contributed by atoms with Gasteiger partial charge in [-0.2, -0.15) is 0 Å². The smallest absolute Gasteiger partial charge is 0.338 e. The molecule has 0 saturated carbocycles. The molecule has 0 fully saturated rings. The number of benzene rings is 2. The van der Waals surface area contributed by atoms with Gasteiger partial charge in [0.2, 0.25) is 0 Å². The van der Waals surface area contributed by atoms with Crippen molar-refractivity contribution in [2.75, 3.05) is 18.5 Å². The zero-order valence-corrected chi connectivity index (χ0v) is 13.7. The topological polar surface area (TPSA) is 108 Å². The highest BCUT2D eigenvalue weighted by atomic mass is 16.5. The fraction of sp³-hybridized carbons (Fsp3) is 0.167. The Kier molecular flexibility index (Phi) is 6.11. The lowest BCUT2D eigenvalue weighted by molar-refractivity contribution is -0.120. The van der Waals surface area contributed by atoms with Crippen molar-refractivity contribution in [3.8, 4) is 5.75 Å². The summed E-state index contributed by atoms with van der Waals surface area (Å²) in [5.41, 5.74) is 6.94. The molecule has 3 N–H and O–H groups in total. The third-order valence-electron chi connectivity index (χ3n) is 3.14. The SMILES string of the molecule is Cc1ccc(NC(=O)COC(=O)c2ccc(OCC(N)=O)cc2)cc1. The predicted molar refractivity (Wildman–Crippen MR) is 91.2 cm³/mol. The number of hydrogen-bond acceptors (Lipinski definition) is 5. The lowest BCUT2D eigenvalue weighted by Gasteiger charge is -2.08. The number of carbonyl (C=O) groups is 3. The lowest BCUT2D eigenvalue weighted by atomic mass is 10.2. The first kappa shape index (κ1) is 18.0. The third kappa shape index (κ3) is 5.98. The molecule has 0 saturated heterocycles. The fourth-order valence-corrected chi connectivity index (χ4v) is 1.89. The Labute approximate surface area is 144 Å². The molecule has 0 aromatic heterocycles. The highest BCUT2D eigenvalue weighted by Crippen LogP contribution is 2.13. The molecule has 0 aliphatic heterocycles. The Hall–Kier alpha value is -3.35. The van der Waals surface area contributed by atoms with Crippen molar-refractivity contribution >= 4 is 23.5 Å². The third-order valence-corrected chi connectivity index (χ3v) is 3.14. The largest absolute Gasteiger partial charge is 0.484 e. The number of primary amides is 1. The molecule has 2 amide bonds. The zero-order valence-electron chi connectivity index (χ0n) is 13.7. The van der Waals surface area contributed by atoms with Gasteiger partial charge in [-0.05, 0) is 43.3 Å². The van der Waals surface area contributed by atoms with Crippen LogP contribution in [0.1, 0.15) is 15.9 Å². The van der Waals surface area contributed by atoms with Crippen LogP contribution >= 0.6 is 0 Å². The number of nitrogens with two attached hydrogens (primary N) is 1. The molecule has 25 heavy (non-hydrogen) atoms. The second-order valence-electron chi connectivity index (χ2n) is 5.27. The zero-order chi connectivity index (χ0) is 18.2. The van der Waals surface area contributed by atoms with E-state index >= 15 is 0 Å². The Bertz CT molecular complexity index is 754. The number of rotatable bonds is 7. The van der Waals surface area contributed by atoms with E-state index in [2.05, 4.69) is 5.32 Å². The molecular weight excluding hydrogens is 324 g/mol.